The normalized spacial score (nSPS) is 17.9. The largest absolute Gasteiger partial charge is 0.358 e. The molecule has 0 spiro atoms. The Morgan fingerprint density at radius 3 is 2.75 bits per heavy atom. The van der Waals surface area contributed by atoms with Crippen LogP contribution in [0.2, 0.25) is 0 Å². The zero-order chi connectivity index (χ0) is 13.7. The second-order valence-corrected chi connectivity index (χ2v) is 6.11. The van der Waals surface area contributed by atoms with E-state index in [4.69, 9.17) is 0 Å². The van der Waals surface area contributed by atoms with Crippen LogP contribution in [0.3, 0.4) is 0 Å². The molecule has 2 aliphatic rings. The van der Waals surface area contributed by atoms with Gasteiger partial charge in [0.15, 0.2) is 0 Å². The number of pyridine rings is 1. The quantitative estimate of drug-likeness (QED) is 0.734. The van der Waals surface area contributed by atoms with Gasteiger partial charge in [0, 0.05) is 30.6 Å². The SMILES string of the molecule is Cc1ccc2c(=O)n3c4c(c2c1)CCCCN4CCC3. The fourth-order valence-electron chi connectivity index (χ4n) is 3.78. The van der Waals surface area contributed by atoms with Gasteiger partial charge in [-0.25, -0.2) is 0 Å². The van der Waals surface area contributed by atoms with Crippen LogP contribution < -0.4 is 10.5 Å². The summed E-state index contributed by atoms with van der Waals surface area (Å²) in [5.74, 6) is 1.22. The second kappa shape index (κ2) is 4.37. The first-order valence-corrected chi connectivity index (χ1v) is 7.67. The molecule has 4 rings (SSSR count). The molecule has 0 unspecified atom stereocenters. The summed E-state index contributed by atoms with van der Waals surface area (Å²) in [4.78, 5) is 15.2. The highest BCUT2D eigenvalue weighted by atomic mass is 16.1. The van der Waals surface area contributed by atoms with E-state index in [0.29, 0.717) is 0 Å². The van der Waals surface area contributed by atoms with Gasteiger partial charge in [0.1, 0.15) is 5.82 Å². The lowest BCUT2D eigenvalue weighted by atomic mass is 9.99. The van der Waals surface area contributed by atoms with E-state index in [1.165, 1.54) is 35.2 Å². The van der Waals surface area contributed by atoms with E-state index in [0.717, 1.165) is 37.9 Å². The van der Waals surface area contributed by atoms with Gasteiger partial charge in [-0.3, -0.25) is 9.36 Å². The molecule has 0 atom stereocenters. The third-order valence-electron chi connectivity index (χ3n) is 4.72. The molecule has 0 N–H and O–H groups in total. The zero-order valence-electron chi connectivity index (χ0n) is 12.0. The van der Waals surface area contributed by atoms with Gasteiger partial charge in [-0.15, -0.1) is 0 Å². The first kappa shape index (κ1) is 12.0. The van der Waals surface area contributed by atoms with E-state index in [-0.39, 0.29) is 5.56 Å². The number of aromatic nitrogens is 1. The maximum Gasteiger partial charge on any atom is 0.260 e. The molecular formula is C17H20N2O. The van der Waals surface area contributed by atoms with Crippen LogP contribution in [0.4, 0.5) is 5.82 Å². The third kappa shape index (κ3) is 1.62. The molecule has 0 saturated heterocycles. The summed E-state index contributed by atoms with van der Waals surface area (Å²) in [6.07, 6.45) is 4.65. The molecule has 2 aliphatic heterocycles. The monoisotopic (exact) mass is 268 g/mol. The van der Waals surface area contributed by atoms with Crippen molar-refractivity contribution >= 4 is 16.6 Å². The van der Waals surface area contributed by atoms with Crippen molar-refractivity contribution in [2.75, 3.05) is 18.0 Å². The van der Waals surface area contributed by atoms with Gasteiger partial charge in [-0.1, -0.05) is 17.7 Å². The van der Waals surface area contributed by atoms with Crippen molar-refractivity contribution in [2.24, 2.45) is 0 Å². The van der Waals surface area contributed by atoms with Gasteiger partial charge in [-0.2, -0.15) is 0 Å². The molecule has 20 heavy (non-hydrogen) atoms. The maximum absolute atomic E-state index is 12.8. The van der Waals surface area contributed by atoms with Crippen molar-refractivity contribution in [1.82, 2.24) is 4.57 Å². The molecule has 104 valence electrons. The van der Waals surface area contributed by atoms with Crippen molar-refractivity contribution in [1.29, 1.82) is 0 Å². The molecule has 2 aromatic rings. The van der Waals surface area contributed by atoms with Crippen LogP contribution in [0, 0.1) is 6.92 Å². The number of fused-ring (bicyclic) bond motifs is 2. The van der Waals surface area contributed by atoms with Crippen LogP contribution in [0.5, 0.6) is 0 Å². The highest BCUT2D eigenvalue weighted by Gasteiger charge is 2.25. The van der Waals surface area contributed by atoms with E-state index in [1.54, 1.807) is 0 Å². The van der Waals surface area contributed by atoms with Gasteiger partial charge in [-0.05, 0) is 44.1 Å². The van der Waals surface area contributed by atoms with Crippen LogP contribution in [-0.2, 0) is 13.0 Å². The molecule has 0 radical (unpaired) electrons. The minimum atomic E-state index is 0.199. The summed E-state index contributed by atoms with van der Waals surface area (Å²) < 4.78 is 2.03. The molecule has 1 aromatic carbocycles. The number of aryl methyl sites for hydroxylation is 2. The van der Waals surface area contributed by atoms with Crippen LogP contribution in [0.1, 0.15) is 30.4 Å². The van der Waals surface area contributed by atoms with Crippen LogP contribution in [0.25, 0.3) is 10.8 Å². The molecule has 0 fully saturated rings. The standard InChI is InChI=1S/C17H20N2O/c1-12-6-7-14-15(11-12)13-5-2-3-8-18-9-4-10-19(16(13)18)17(14)20/h6-7,11H,2-5,8-10H2,1H3. The Bertz CT molecular complexity index is 745. The predicted octanol–water partition coefficient (Wildman–Crippen LogP) is 2.86. The Kier molecular flexibility index (Phi) is 2.62. The van der Waals surface area contributed by atoms with E-state index < -0.39 is 0 Å². The Balaban J connectivity index is 2.15. The van der Waals surface area contributed by atoms with Crippen molar-refractivity contribution < 1.29 is 0 Å². The van der Waals surface area contributed by atoms with Crippen LogP contribution >= 0.6 is 0 Å². The Morgan fingerprint density at radius 1 is 1.00 bits per heavy atom. The molecular weight excluding hydrogens is 248 g/mol. The number of benzene rings is 1. The Labute approximate surface area is 118 Å². The second-order valence-electron chi connectivity index (χ2n) is 6.11. The van der Waals surface area contributed by atoms with Crippen molar-refractivity contribution in [3.05, 3.63) is 39.7 Å². The van der Waals surface area contributed by atoms with E-state index in [1.807, 2.05) is 10.6 Å². The fraction of sp³-hybridized carbons (Fsp3) is 0.471. The molecule has 0 saturated carbocycles. The minimum absolute atomic E-state index is 0.199. The molecule has 1 aromatic heterocycles. The molecule has 3 heteroatoms. The average molecular weight is 268 g/mol. The van der Waals surface area contributed by atoms with Crippen LogP contribution in [0.15, 0.2) is 23.0 Å². The first-order valence-electron chi connectivity index (χ1n) is 7.67. The summed E-state index contributed by atoms with van der Waals surface area (Å²) in [7, 11) is 0. The lowest BCUT2D eigenvalue weighted by Gasteiger charge is -2.33. The first-order chi connectivity index (χ1) is 9.75. The van der Waals surface area contributed by atoms with Gasteiger partial charge >= 0.3 is 0 Å². The number of hydrogen-bond donors (Lipinski definition) is 0. The summed E-state index contributed by atoms with van der Waals surface area (Å²) in [6, 6.07) is 6.27. The molecule has 0 aliphatic carbocycles. The van der Waals surface area contributed by atoms with Crippen molar-refractivity contribution in [2.45, 2.75) is 39.2 Å². The predicted molar refractivity (Wildman–Crippen MR) is 82.7 cm³/mol. The van der Waals surface area contributed by atoms with Gasteiger partial charge in [0.25, 0.3) is 5.56 Å². The zero-order valence-corrected chi connectivity index (χ0v) is 12.0. The Morgan fingerprint density at radius 2 is 1.85 bits per heavy atom. The highest BCUT2D eigenvalue weighted by molar-refractivity contribution is 5.89. The Hall–Kier alpha value is -1.77. The lowest BCUT2D eigenvalue weighted by molar-refractivity contribution is 0.547. The average Bonchev–Trinajstić information content (AvgIpc) is 2.68. The van der Waals surface area contributed by atoms with Gasteiger partial charge < -0.3 is 4.90 Å². The maximum atomic E-state index is 12.8. The highest BCUT2D eigenvalue weighted by Crippen LogP contribution is 2.33. The van der Waals surface area contributed by atoms with Gasteiger partial charge in [0.2, 0.25) is 0 Å². The van der Waals surface area contributed by atoms with Crippen molar-refractivity contribution in [3.63, 3.8) is 0 Å². The number of nitrogens with zero attached hydrogens (tertiary/aromatic N) is 2. The summed E-state index contributed by atoms with van der Waals surface area (Å²) >= 11 is 0. The summed E-state index contributed by atoms with van der Waals surface area (Å²) in [6.45, 7) is 5.19. The number of anilines is 1. The van der Waals surface area contributed by atoms with E-state index in [2.05, 4.69) is 24.0 Å². The summed E-state index contributed by atoms with van der Waals surface area (Å²) in [5.41, 5.74) is 2.84. The summed E-state index contributed by atoms with van der Waals surface area (Å²) in [5, 5.41) is 2.09. The lowest BCUT2D eigenvalue weighted by Crippen LogP contribution is -2.38. The van der Waals surface area contributed by atoms with Gasteiger partial charge in [0.05, 0.1) is 0 Å². The third-order valence-corrected chi connectivity index (χ3v) is 4.72. The molecule has 3 heterocycles. The fourth-order valence-corrected chi connectivity index (χ4v) is 3.78. The molecule has 0 amide bonds. The topological polar surface area (TPSA) is 25.2 Å². The molecule has 3 nitrogen and oxygen atoms in total. The van der Waals surface area contributed by atoms with E-state index in [9.17, 15) is 4.79 Å². The smallest absolute Gasteiger partial charge is 0.260 e. The van der Waals surface area contributed by atoms with Crippen LogP contribution in [-0.4, -0.2) is 17.7 Å². The van der Waals surface area contributed by atoms with E-state index >= 15 is 0 Å². The number of rotatable bonds is 0. The molecule has 0 bridgehead atoms. The number of hydrogen-bond acceptors (Lipinski definition) is 2. The minimum Gasteiger partial charge on any atom is -0.358 e. The van der Waals surface area contributed by atoms with Crippen molar-refractivity contribution in [3.8, 4) is 0 Å².